The number of carbonyl (C=O) groups excluding carboxylic acids is 1. The summed E-state index contributed by atoms with van der Waals surface area (Å²) >= 11 is 0. The molecule has 0 aromatic carbocycles. The first-order valence-corrected chi connectivity index (χ1v) is 32.8. The van der Waals surface area contributed by atoms with Crippen LogP contribution >= 0.6 is 0 Å². The van der Waals surface area contributed by atoms with E-state index in [-0.39, 0.29) is 6.61 Å². The molecule has 0 rings (SSSR count). The Labute approximate surface area is 440 Å². The highest BCUT2D eigenvalue weighted by atomic mass is 16.3. The number of hydrogen-bond donors (Lipinski definition) is 4. The van der Waals surface area contributed by atoms with Crippen molar-refractivity contribution >= 4 is 5.91 Å². The number of amides is 1. The first-order chi connectivity index (χ1) is 34.6. The van der Waals surface area contributed by atoms with E-state index in [0.29, 0.717) is 12.8 Å². The predicted molar refractivity (Wildman–Crippen MR) is 310 cm³/mol. The fourth-order valence-electron chi connectivity index (χ4n) is 10.9. The summed E-state index contributed by atoms with van der Waals surface area (Å²) in [6, 6.07) is -0.708. The highest BCUT2D eigenvalue weighted by Gasteiger charge is 2.23. The van der Waals surface area contributed by atoms with E-state index in [1.807, 2.05) is 0 Å². The minimum Gasteiger partial charge on any atom is -0.394 e. The Kier molecular flexibility index (Phi) is 60.3. The van der Waals surface area contributed by atoms with Crippen molar-refractivity contribution < 1.29 is 20.1 Å². The summed E-state index contributed by atoms with van der Waals surface area (Å²) in [5.74, 6) is -0.460. The van der Waals surface area contributed by atoms with Crippen LogP contribution in [0.1, 0.15) is 386 Å². The lowest BCUT2D eigenvalue weighted by atomic mass is 10.0. The molecular formula is C65H131NO4. The molecule has 0 aliphatic rings. The number of nitrogens with one attached hydrogen (secondary N) is 1. The van der Waals surface area contributed by atoms with Crippen LogP contribution in [0.25, 0.3) is 0 Å². The Morgan fingerprint density at radius 3 is 0.643 bits per heavy atom. The first-order valence-electron chi connectivity index (χ1n) is 32.8. The minimum atomic E-state index is -1.07. The zero-order chi connectivity index (χ0) is 50.7. The second-order valence-corrected chi connectivity index (χ2v) is 23.1. The lowest BCUT2D eigenvalue weighted by Crippen LogP contribution is -2.49. The van der Waals surface area contributed by atoms with E-state index in [1.165, 1.54) is 327 Å². The van der Waals surface area contributed by atoms with Gasteiger partial charge in [0.05, 0.1) is 18.8 Å². The molecule has 0 aromatic heterocycles. The van der Waals surface area contributed by atoms with Crippen molar-refractivity contribution in [2.45, 2.75) is 405 Å². The molecule has 0 saturated heterocycles. The Bertz CT molecular complexity index is 960. The van der Waals surface area contributed by atoms with E-state index in [1.54, 1.807) is 0 Å². The van der Waals surface area contributed by atoms with Crippen molar-refractivity contribution in [2.24, 2.45) is 0 Å². The topological polar surface area (TPSA) is 89.8 Å². The second-order valence-electron chi connectivity index (χ2n) is 23.1. The monoisotopic (exact) mass is 990 g/mol. The molecule has 1 amide bonds. The third-order valence-electron chi connectivity index (χ3n) is 16.0. The summed E-state index contributed by atoms with van der Waals surface area (Å²) in [5, 5.41) is 33.7. The number of carbonyl (C=O) groups is 1. The average molecular weight is 991 g/mol. The van der Waals surface area contributed by atoms with E-state index < -0.39 is 24.2 Å². The Morgan fingerprint density at radius 1 is 0.286 bits per heavy atom. The fourth-order valence-corrected chi connectivity index (χ4v) is 10.9. The molecule has 0 radical (unpaired) electrons. The van der Waals surface area contributed by atoms with Crippen LogP contribution in [0.4, 0.5) is 0 Å². The summed E-state index contributed by atoms with van der Waals surface area (Å²) in [7, 11) is 0. The van der Waals surface area contributed by atoms with Crippen molar-refractivity contribution in [3.05, 3.63) is 0 Å². The third-order valence-corrected chi connectivity index (χ3v) is 16.0. The van der Waals surface area contributed by atoms with Crippen LogP contribution in [0.3, 0.4) is 0 Å². The van der Waals surface area contributed by atoms with Crippen molar-refractivity contribution in [1.82, 2.24) is 5.32 Å². The lowest BCUT2D eigenvalue weighted by Gasteiger charge is -2.23. The van der Waals surface area contributed by atoms with Gasteiger partial charge in [-0.1, -0.05) is 373 Å². The summed E-state index contributed by atoms with van der Waals surface area (Å²) in [6.45, 7) is 4.29. The van der Waals surface area contributed by atoms with Gasteiger partial charge in [0, 0.05) is 0 Å². The van der Waals surface area contributed by atoms with Gasteiger partial charge >= 0.3 is 0 Å². The summed E-state index contributed by atoms with van der Waals surface area (Å²) < 4.78 is 0. The molecular weight excluding hydrogens is 859 g/mol. The number of aliphatic hydroxyl groups is 3. The predicted octanol–water partition coefficient (Wildman–Crippen LogP) is 20.9. The van der Waals surface area contributed by atoms with Gasteiger partial charge in [-0.3, -0.25) is 4.79 Å². The minimum absolute atomic E-state index is 0.307. The molecule has 3 unspecified atom stereocenters. The van der Waals surface area contributed by atoms with E-state index in [4.69, 9.17) is 0 Å². The molecule has 5 nitrogen and oxygen atoms in total. The molecule has 4 N–H and O–H groups in total. The van der Waals surface area contributed by atoms with Gasteiger partial charge in [-0.2, -0.15) is 0 Å². The Morgan fingerprint density at radius 2 is 0.457 bits per heavy atom. The Hall–Kier alpha value is -0.650. The summed E-state index contributed by atoms with van der Waals surface area (Å²) in [5.41, 5.74) is 0. The number of hydrogen-bond acceptors (Lipinski definition) is 4. The number of unbranched alkanes of at least 4 members (excludes halogenated alkanes) is 54. The van der Waals surface area contributed by atoms with Crippen LogP contribution in [-0.4, -0.2) is 46.1 Å². The fraction of sp³-hybridized carbons (Fsp3) is 0.985. The molecule has 70 heavy (non-hydrogen) atoms. The number of rotatable bonds is 62. The van der Waals surface area contributed by atoms with Crippen molar-refractivity contribution in [3.63, 3.8) is 0 Å². The van der Waals surface area contributed by atoms with Crippen LogP contribution in [0.2, 0.25) is 0 Å². The van der Waals surface area contributed by atoms with Crippen LogP contribution in [0.5, 0.6) is 0 Å². The molecule has 0 fully saturated rings. The lowest BCUT2D eigenvalue weighted by molar-refractivity contribution is -0.131. The van der Waals surface area contributed by atoms with Gasteiger partial charge < -0.3 is 20.6 Å². The van der Waals surface area contributed by atoms with E-state index in [9.17, 15) is 20.1 Å². The van der Waals surface area contributed by atoms with Gasteiger partial charge in [0.1, 0.15) is 6.10 Å². The molecule has 0 aromatic rings. The SMILES string of the molecule is CCCCCCCCCCCCCCCCCCCCCCCCCCCCCCCCCC(O)C(=O)NC(CO)C(O)CCCCCCCCCCCCCCCCCCCCCCCCCCC. The normalized spacial score (nSPS) is 13.0. The smallest absolute Gasteiger partial charge is 0.249 e. The maximum atomic E-state index is 12.6. The third kappa shape index (κ3) is 55.1. The quantitative estimate of drug-likeness (QED) is 0.0457. The summed E-state index contributed by atoms with van der Waals surface area (Å²) in [4.78, 5) is 12.6. The zero-order valence-corrected chi connectivity index (χ0v) is 48.2. The van der Waals surface area contributed by atoms with Crippen molar-refractivity contribution in [1.29, 1.82) is 0 Å². The zero-order valence-electron chi connectivity index (χ0n) is 48.2. The number of aliphatic hydroxyl groups excluding tert-OH is 3. The van der Waals surface area contributed by atoms with Gasteiger partial charge in [0.25, 0.3) is 0 Å². The van der Waals surface area contributed by atoms with Crippen molar-refractivity contribution in [3.8, 4) is 0 Å². The van der Waals surface area contributed by atoms with Crippen LogP contribution in [0, 0.1) is 0 Å². The van der Waals surface area contributed by atoms with Gasteiger partial charge in [-0.05, 0) is 12.8 Å². The van der Waals surface area contributed by atoms with E-state index in [0.717, 1.165) is 32.1 Å². The van der Waals surface area contributed by atoms with E-state index in [2.05, 4.69) is 19.2 Å². The van der Waals surface area contributed by atoms with Crippen LogP contribution < -0.4 is 5.32 Å². The van der Waals surface area contributed by atoms with Crippen LogP contribution in [0.15, 0.2) is 0 Å². The maximum absolute atomic E-state index is 12.6. The van der Waals surface area contributed by atoms with Crippen LogP contribution in [-0.2, 0) is 4.79 Å². The molecule has 0 aliphatic carbocycles. The highest BCUT2D eigenvalue weighted by molar-refractivity contribution is 5.80. The molecule has 0 bridgehead atoms. The molecule has 0 heterocycles. The molecule has 5 heteroatoms. The highest BCUT2D eigenvalue weighted by Crippen LogP contribution is 2.20. The van der Waals surface area contributed by atoms with Gasteiger partial charge in [-0.25, -0.2) is 0 Å². The molecule has 3 atom stereocenters. The maximum Gasteiger partial charge on any atom is 0.249 e. The van der Waals surface area contributed by atoms with E-state index >= 15 is 0 Å². The average Bonchev–Trinajstić information content (AvgIpc) is 3.36. The second kappa shape index (κ2) is 60.9. The van der Waals surface area contributed by atoms with Crippen molar-refractivity contribution in [2.75, 3.05) is 6.61 Å². The molecule has 420 valence electrons. The standard InChI is InChI=1S/C65H131NO4/c1-3-5-7-9-11-13-15-17-19-21-23-25-27-29-30-31-32-33-34-36-38-40-42-44-46-48-50-52-54-56-58-60-64(69)65(70)66-62(61-67)63(68)59-57-55-53-51-49-47-45-43-41-39-37-35-28-26-24-22-20-18-16-14-12-10-8-6-4-2/h62-64,67-69H,3-61H2,1-2H3,(H,66,70). The Balaban J connectivity index is 3.44. The molecule has 0 aliphatic heterocycles. The van der Waals surface area contributed by atoms with Gasteiger partial charge in [-0.15, -0.1) is 0 Å². The first kappa shape index (κ1) is 69.3. The summed E-state index contributed by atoms with van der Waals surface area (Å²) in [6.07, 6.45) is 76.2. The van der Waals surface area contributed by atoms with Gasteiger partial charge in [0.2, 0.25) is 5.91 Å². The molecule has 0 spiro atoms. The van der Waals surface area contributed by atoms with Gasteiger partial charge in [0.15, 0.2) is 0 Å². The largest absolute Gasteiger partial charge is 0.394 e. The molecule has 0 saturated carbocycles.